The van der Waals surface area contributed by atoms with E-state index >= 15 is 0 Å². The summed E-state index contributed by atoms with van der Waals surface area (Å²) in [6.07, 6.45) is 7.56. The van der Waals surface area contributed by atoms with Gasteiger partial charge >= 0.3 is 0 Å². The highest BCUT2D eigenvalue weighted by molar-refractivity contribution is 5.39. The molecule has 0 spiro atoms. The molecule has 0 amide bonds. The largest absolute Gasteiger partial charge is 0.493 e. The molecule has 1 aromatic carbocycles. The molecule has 2 aliphatic rings. The zero-order valence-electron chi connectivity index (χ0n) is 10.3. The third-order valence-corrected chi connectivity index (χ3v) is 4.19. The summed E-state index contributed by atoms with van der Waals surface area (Å²) in [7, 11) is 0. The molecule has 0 aliphatic heterocycles. The van der Waals surface area contributed by atoms with Gasteiger partial charge in [-0.3, -0.25) is 0 Å². The molecule has 1 atom stereocenters. The van der Waals surface area contributed by atoms with Crippen molar-refractivity contribution in [2.24, 2.45) is 11.7 Å². The molecule has 2 aliphatic carbocycles. The second-order valence-electron chi connectivity index (χ2n) is 5.47. The minimum Gasteiger partial charge on any atom is -0.493 e. The van der Waals surface area contributed by atoms with Gasteiger partial charge in [-0.05, 0) is 61.3 Å². The fourth-order valence-corrected chi connectivity index (χ4v) is 2.78. The van der Waals surface area contributed by atoms with Crippen LogP contribution in [0.25, 0.3) is 0 Å². The number of ether oxygens (including phenoxy) is 1. The molecule has 92 valence electrons. The number of benzene rings is 1. The highest BCUT2D eigenvalue weighted by atomic mass is 16.5. The Morgan fingerprint density at radius 2 is 2.06 bits per heavy atom. The highest BCUT2D eigenvalue weighted by Crippen LogP contribution is 2.32. The van der Waals surface area contributed by atoms with Gasteiger partial charge in [0.25, 0.3) is 0 Å². The van der Waals surface area contributed by atoms with E-state index in [1.165, 1.54) is 43.2 Å². The van der Waals surface area contributed by atoms with Crippen molar-refractivity contribution in [1.29, 1.82) is 0 Å². The summed E-state index contributed by atoms with van der Waals surface area (Å²) in [5.41, 5.74) is 8.88. The van der Waals surface area contributed by atoms with Crippen LogP contribution in [-0.2, 0) is 6.42 Å². The van der Waals surface area contributed by atoms with E-state index in [0.717, 1.165) is 24.7 Å². The van der Waals surface area contributed by atoms with Crippen molar-refractivity contribution in [2.75, 3.05) is 6.61 Å². The molecule has 2 N–H and O–H groups in total. The van der Waals surface area contributed by atoms with Crippen molar-refractivity contribution in [3.8, 4) is 5.75 Å². The van der Waals surface area contributed by atoms with Gasteiger partial charge in [-0.25, -0.2) is 0 Å². The predicted octanol–water partition coefficient (Wildman–Crippen LogP) is 3.20. The predicted molar refractivity (Wildman–Crippen MR) is 69.1 cm³/mol. The van der Waals surface area contributed by atoms with Gasteiger partial charge in [0.1, 0.15) is 5.75 Å². The van der Waals surface area contributed by atoms with Crippen LogP contribution in [0.4, 0.5) is 0 Å². The number of aryl methyl sites for hydroxylation is 1. The Morgan fingerprint density at radius 3 is 2.82 bits per heavy atom. The lowest BCUT2D eigenvalue weighted by Gasteiger charge is -2.26. The zero-order chi connectivity index (χ0) is 11.7. The second kappa shape index (κ2) is 4.69. The van der Waals surface area contributed by atoms with Gasteiger partial charge in [0, 0.05) is 6.04 Å². The number of hydrogen-bond donors (Lipinski definition) is 1. The molecule has 0 saturated heterocycles. The molecule has 2 heteroatoms. The standard InChI is InChI=1S/C15H21NO/c16-15-6-2-5-12-7-8-13(9-14(12)15)17-10-11-3-1-4-11/h7-9,11,15H,1-6,10,16H2/t15-/m0/s1. The van der Waals surface area contributed by atoms with Crippen LogP contribution < -0.4 is 10.5 Å². The fourth-order valence-electron chi connectivity index (χ4n) is 2.78. The molecule has 0 radical (unpaired) electrons. The first-order chi connectivity index (χ1) is 8.33. The van der Waals surface area contributed by atoms with Gasteiger partial charge < -0.3 is 10.5 Å². The third kappa shape index (κ3) is 2.32. The van der Waals surface area contributed by atoms with Crippen molar-refractivity contribution in [1.82, 2.24) is 0 Å². The summed E-state index contributed by atoms with van der Waals surface area (Å²) < 4.78 is 5.87. The third-order valence-electron chi connectivity index (χ3n) is 4.19. The Morgan fingerprint density at radius 1 is 1.18 bits per heavy atom. The van der Waals surface area contributed by atoms with E-state index in [9.17, 15) is 0 Å². The van der Waals surface area contributed by atoms with Crippen LogP contribution in [-0.4, -0.2) is 6.61 Å². The quantitative estimate of drug-likeness (QED) is 0.867. The molecule has 17 heavy (non-hydrogen) atoms. The SMILES string of the molecule is N[C@H]1CCCc2ccc(OCC3CCC3)cc21. The van der Waals surface area contributed by atoms with Gasteiger partial charge in [0.2, 0.25) is 0 Å². The fraction of sp³-hybridized carbons (Fsp3) is 0.600. The van der Waals surface area contributed by atoms with E-state index in [-0.39, 0.29) is 6.04 Å². The lowest BCUT2D eigenvalue weighted by molar-refractivity contribution is 0.180. The Hall–Kier alpha value is -1.02. The topological polar surface area (TPSA) is 35.2 Å². The van der Waals surface area contributed by atoms with Crippen molar-refractivity contribution in [2.45, 2.75) is 44.6 Å². The maximum Gasteiger partial charge on any atom is 0.119 e. The van der Waals surface area contributed by atoms with Crippen molar-refractivity contribution in [3.63, 3.8) is 0 Å². The number of rotatable bonds is 3. The molecule has 1 saturated carbocycles. The smallest absolute Gasteiger partial charge is 0.119 e. The van der Waals surface area contributed by atoms with E-state index in [0.29, 0.717) is 0 Å². The normalized spacial score (nSPS) is 23.9. The molecule has 0 unspecified atom stereocenters. The molecular formula is C15H21NO. The van der Waals surface area contributed by atoms with Crippen LogP contribution in [0.5, 0.6) is 5.75 Å². The van der Waals surface area contributed by atoms with Crippen molar-refractivity contribution < 1.29 is 4.74 Å². The summed E-state index contributed by atoms with van der Waals surface area (Å²) in [4.78, 5) is 0. The first-order valence-electron chi connectivity index (χ1n) is 6.84. The van der Waals surface area contributed by atoms with Crippen LogP contribution in [0.15, 0.2) is 18.2 Å². The van der Waals surface area contributed by atoms with Crippen LogP contribution in [0, 0.1) is 5.92 Å². The monoisotopic (exact) mass is 231 g/mol. The Balaban J connectivity index is 1.70. The first-order valence-corrected chi connectivity index (χ1v) is 6.84. The number of fused-ring (bicyclic) bond motifs is 1. The summed E-state index contributed by atoms with van der Waals surface area (Å²) in [5.74, 6) is 1.80. The highest BCUT2D eigenvalue weighted by Gasteiger charge is 2.19. The van der Waals surface area contributed by atoms with E-state index in [1.54, 1.807) is 0 Å². The molecule has 0 heterocycles. The number of hydrogen-bond acceptors (Lipinski definition) is 2. The van der Waals surface area contributed by atoms with Gasteiger partial charge in [0.15, 0.2) is 0 Å². The second-order valence-corrected chi connectivity index (χ2v) is 5.47. The van der Waals surface area contributed by atoms with Gasteiger partial charge in [-0.2, -0.15) is 0 Å². The Kier molecular flexibility index (Phi) is 3.06. The minimum absolute atomic E-state index is 0.214. The molecular weight excluding hydrogens is 210 g/mol. The summed E-state index contributed by atoms with van der Waals surface area (Å²) >= 11 is 0. The van der Waals surface area contributed by atoms with Gasteiger partial charge in [-0.1, -0.05) is 12.5 Å². The van der Waals surface area contributed by atoms with Crippen molar-refractivity contribution >= 4 is 0 Å². The minimum atomic E-state index is 0.214. The molecule has 2 nitrogen and oxygen atoms in total. The molecule has 0 bridgehead atoms. The number of nitrogens with two attached hydrogens (primary N) is 1. The molecule has 1 fully saturated rings. The van der Waals surface area contributed by atoms with E-state index in [2.05, 4.69) is 18.2 Å². The van der Waals surface area contributed by atoms with E-state index < -0.39 is 0 Å². The summed E-state index contributed by atoms with van der Waals surface area (Å²) in [5, 5.41) is 0. The first kappa shape index (κ1) is 11.1. The van der Waals surface area contributed by atoms with Crippen LogP contribution >= 0.6 is 0 Å². The lowest BCUT2D eigenvalue weighted by atomic mass is 9.86. The van der Waals surface area contributed by atoms with E-state index in [1.807, 2.05) is 0 Å². The average Bonchev–Trinajstić information content (AvgIpc) is 2.28. The van der Waals surface area contributed by atoms with Gasteiger partial charge in [0.05, 0.1) is 6.61 Å². The molecule has 1 aromatic rings. The maximum atomic E-state index is 6.15. The van der Waals surface area contributed by atoms with Crippen LogP contribution in [0.1, 0.15) is 49.3 Å². The average molecular weight is 231 g/mol. The lowest BCUT2D eigenvalue weighted by Crippen LogP contribution is -2.20. The molecule has 0 aromatic heterocycles. The van der Waals surface area contributed by atoms with Crippen LogP contribution in [0.2, 0.25) is 0 Å². The maximum absolute atomic E-state index is 6.15. The van der Waals surface area contributed by atoms with Crippen LogP contribution in [0.3, 0.4) is 0 Å². The Labute approximate surface area is 103 Å². The Bertz CT molecular complexity index is 398. The van der Waals surface area contributed by atoms with Gasteiger partial charge in [-0.15, -0.1) is 0 Å². The zero-order valence-corrected chi connectivity index (χ0v) is 10.3. The summed E-state index contributed by atoms with van der Waals surface area (Å²) in [6.45, 7) is 0.883. The van der Waals surface area contributed by atoms with E-state index in [4.69, 9.17) is 10.5 Å². The molecule has 3 rings (SSSR count). The van der Waals surface area contributed by atoms with Crippen molar-refractivity contribution in [3.05, 3.63) is 29.3 Å². The summed E-state index contributed by atoms with van der Waals surface area (Å²) in [6, 6.07) is 6.68.